The number of amides is 1. The number of ether oxygens (including phenoxy) is 1. The minimum absolute atomic E-state index is 0.563. The number of carbonyl (C=O) groups excluding carboxylic acids is 1. The summed E-state index contributed by atoms with van der Waals surface area (Å²) in [4.78, 5) is 20.3. The summed E-state index contributed by atoms with van der Waals surface area (Å²) in [5, 5.41) is 10.5. The lowest BCUT2D eigenvalue weighted by Crippen LogP contribution is -2.18. The smallest absolute Gasteiger partial charge is 0.406 e. The molecule has 0 bridgehead atoms. The SMILES string of the molecule is NC(=O)c1cc(OC(F)(F)F)ccc1[N+](=O)[O-]. The van der Waals surface area contributed by atoms with E-state index >= 15 is 0 Å². The zero-order valence-electron chi connectivity index (χ0n) is 8.02. The molecule has 1 aromatic carbocycles. The van der Waals surface area contributed by atoms with E-state index in [1.165, 1.54) is 0 Å². The van der Waals surface area contributed by atoms with Crippen LogP contribution in [-0.2, 0) is 0 Å². The van der Waals surface area contributed by atoms with Crippen LogP contribution in [0.5, 0.6) is 5.75 Å². The van der Waals surface area contributed by atoms with Crippen LogP contribution in [0.15, 0.2) is 18.2 Å². The van der Waals surface area contributed by atoms with Crippen molar-refractivity contribution < 1.29 is 27.6 Å². The summed E-state index contributed by atoms with van der Waals surface area (Å²) in [6.07, 6.45) is -4.95. The van der Waals surface area contributed by atoms with Gasteiger partial charge in [0.25, 0.3) is 11.6 Å². The summed E-state index contributed by atoms with van der Waals surface area (Å²) in [6, 6.07) is 1.99. The Bertz CT molecular complexity index is 472. The summed E-state index contributed by atoms with van der Waals surface area (Å²) in [5.74, 6) is -1.97. The first-order valence-electron chi connectivity index (χ1n) is 4.04. The first-order valence-corrected chi connectivity index (χ1v) is 4.04. The van der Waals surface area contributed by atoms with E-state index < -0.39 is 34.2 Å². The van der Waals surface area contributed by atoms with Gasteiger partial charge in [0.05, 0.1) is 4.92 Å². The number of hydrogen-bond acceptors (Lipinski definition) is 4. The molecule has 1 aromatic rings. The third-order valence-corrected chi connectivity index (χ3v) is 1.66. The summed E-state index contributed by atoms with van der Waals surface area (Å²) < 4.78 is 39.1. The Morgan fingerprint density at radius 1 is 1.41 bits per heavy atom. The quantitative estimate of drug-likeness (QED) is 0.650. The van der Waals surface area contributed by atoms with Crippen molar-refractivity contribution in [3.05, 3.63) is 33.9 Å². The van der Waals surface area contributed by atoms with E-state index in [9.17, 15) is 28.1 Å². The zero-order chi connectivity index (χ0) is 13.2. The lowest BCUT2D eigenvalue weighted by molar-refractivity contribution is -0.385. The summed E-state index contributed by atoms with van der Waals surface area (Å²) in [7, 11) is 0. The maximum Gasteiger partial charge on any atom is 0.573 e. The van der Waals surface area contributed by atoms with Crippen molar-refractivity contribution in [1.29, 1.82) is 0 Å². The van der Waals surface area contributed by atoms with Gasteiger partial charge in [0.2, 0.25) is 0 Å². The predicted molar refractivity (Wildman–Crippen MR) is 48.3 cm³/mol. The highest BCUT2D eigenvalue weighted by atomic mass is 19.4. The number of alkyl halides is 3. The maximum atomic E-state index is 11.9. The summed E-state index contributed by atoms with van der Waals surface area (Å²) in [6.45, 7) is 0. The first kappa shape index (κ1) is 12.7. The highest BCUT2D eigenvalue weighted by Gasteiger charge is 2.32. The number of nitro benzene ring substituents is 1. The zero-order valence-corrected chi connectivity index (χ0v) is 8.02. The number of carbonyl (C=O) groups is 1. The molecule has 0 saturated carbocycles. The van der Waals surface area contributed by atoms with E-state index in [2.05, 4.69) is 4.74 Å². The Balaban J connectivity index is 3.19. The number of nitrogens with two attached hydrogens (primary N) is 1. The number of nitrogens with zero attached hydrogens (tertiary/aromatic N) is 1. The summed E-state index contributed by atoms with van der Waals surface area (Å²) in [5.41, 5.74) is 3.46. The molecule has 0 aliphatic heterocycles. The van der Waals surface area contributed by atoms with Gasteiger partial charge in [-0.05, 0) is 6.07 Å². The van der Waals surface area contributed by atoms with Gasteiger partial charge in [-0.2, -0.15) is 0 Å². The van der Waals surface area contributed by atoms with Crippen molar-refractivity contribution in [1.82, 2.24) is 0 Å². The van der Waals surface area contributed by atoms with Gasteiger partial charge in [0.1, 0.15) is 11.3 Å². The standard InChI is InChI=1S/C8H5F3N2O4/c9-8(10,11)17-4-1-2-6(13(15)16)5(3-4)7(12)14/h1-3H,(H2,12,14). The molecule has 0 atom stereocenters. The topological polar surface area (TPSA) is 95.5 Å². The van der Waals surface area contributed by atoms with E-state index in [4.69, 9.17) is 5.73 Å². The molecule has 0 unspecified atom stereocenters. The van der Waals surface area contributed by atoms with E-state index in [0.29, 0.717) is 12.1 Å². The van der Waals surface area contributed by atoms with Gasteiger partial charge in [-0.3, -0.25) is 14.9 Å². The van der Waals surface area contributed by atoms with E-state index in [1.807, 2.05) is 0 Å². The molecule has 17 heavy (non-hydrogen) atoms. The van der Waals surface area contributed by atoms with Crippen LogP contribution in [0.2, 0.25) is 0 Å². The monoisotopic (exact) mass is 250 g/mol. The van der Waals surface area contributed by atoms with Crippen molar-refractivity contribution in [3.63, 3.8) is 0 Å². The lowest BCUT2D eigenvalue weighted by Gasteiger charge is -2.09. The second kappa shape index (κ2) is 4.28. The van der Waals surface area contributed by atoms with Gasteiger partial charge in [-0.1, -0.05) is 0 Å². The van der Waals surface area contributed by atoms with Crippen LogP contribution in [-0.4, -0.2) is 17.2 Å². The molecule has 0 aromatic heterocycles. The van der Waals surface area contributed by atoms with E-state index in [1.54, 1.807) is 0 Å². The van der Waals surface area contributed by atoms with E-state index in [-0.39, 0.29) is 0 Å². The van der Waals surface area contributed by atoms with Crippen molar-refractivity contribution >= 4 is 11.6 Å². The predicted octanol–water partition coefficient (Wildman–Crippen LogP) is 1.59. The van der Waals surface area contributed by atoms with Crippen LogP contribution in [0, 0.1) is 10.1 Å². The third-order valence-electron chi connectivity index (χ3n) is 1.66. The van der Waals surface area contributed by atoms with Gasteiger partial charge >= 0.3 is 6.36 Å². The highest BCUT2D eigenvalue weighted by Crippen LogP contribution is 2.27. The number of primary amides is 1. The molecular weight excluding hydrogens is 245 g/mol. The molecule has 0 aliphatic rings. The van der Waals surface area contributed by atoms with Crippen LogP contribution in [0.4, 0.5) is 18.9 Å². The second-order valence-electron chi connectivity index (χ2n) is 2.85. The molecule has 0 radical (unpaired) electrons. The van der Waals surface area contributed by atoms with Gasteiger partial charge in [-0.15, -0.1) is 13.2 Å². The Morgan fingerprint density at radius 3 is 2.41 bits per heavy atom. The van der Waals surface area contributed by atoms with Crippen LogP contribution in [0.25, 0.3) is 0 Å². The molecule has 92 valence electrons. The largest absolute Gasteiger partial charge is 0.573 e. The number of rotatable bonds is 3. The summed E-state index contributed by atoms with van der Waals surface area (Å²) >= 11 is 0. The third kappa shape index (κ3) is 3.33. The molecule has 0 fully saturated rings. The Hall–Kier alpha value is -2.32. The van der Waals surface area contributed by atoms with Crippen LogP contribution in [0.1, 0.15) is 10.4 Å². The van der Waals surface area contributed by atoms with Crippen molar-refractivity contribution in [2.45, 2.75) is 6.36 Å². The molecule has 1 amide bonds. The number of halogens is 3. The molecule has 6 nitrogen and oxygen atoms in total. The van der Waals surface area contributed by atoms with Crippen LogP contribution < -0.4 is 10.5 Å². The number of benzene rings is 1. The second-order valence-corrected chi connectivity index (χ2v) is 2.85. The van der Waals surface area contributed by atoms with Crippen LogP contribution >= 0.6 is 0 Å². The molecule has 0 saturated heterocycles. The Kier molecular flexibility index (Phi) is 3.21. The molecule has 0 spiro atoms. The lowest BCUT2D eigenvalue weighted by atomic mass is 10.1. The number of nitro groups is 1. The Morgan fingerprint density at radius 2 is 2.00 bits per heavy atom. The minimum atomic E-state index is -4.95. The minimum Gasteiger partial charge on any atom is -0.406 e. The molecule has 0 heterocycles. The molecular formula is C8H5F3N2O4. The maximum absolute atomic E-state index is 11.9. The van der Waals surface area contributed by atoms with Gasteiger partial charge in [0.15, 0.2) is 0 Å². The Labute approximate surface area is 91.9 Å². The number of hydrogen-bond donors (Lipinski definition) is 1. The molecule has 9 heteroatoms. The highest BCUT2D eigenvalue weighted by molar-refractivity contribution is 5.97. The van der Waals surface area contributed by atoms with Crippen molar-refractivity contribution in [3.8, 4) is 5.75 Å². The van der Waals surface area contributed by atoms with Crippen molar-refractivity contribution in [2.75, 3.05) is 0 Å². The fourth-order valence-electron chi connectivity index (χ4n) is 1.07. The fraction of sp³-hybridized carbons (Fsp3) is 0.125. The van der Waals surface area contributed by atoms with Crippen molar-refractivity contribution in [2.24, 2.45) is 5.73 Å². The molecule has 0 aliphatic carbocycles. The molecule has 2 N–H and O–H groups in total. The van der Waals surface area contributed by atoms with Gasteiger partial charge in [0, 0.05) is 12.1 Å². The van der Waals surface area contributed by atoms with Gasteiger partial charge < -0.3 is 10.5 Å². The van der Waals surface area contributed by atoms with E-state index in [0.717, 1.165) is 6.07 Å². The average molecular weight is 250 g/mol. The average Bonchev–Trinajstić information content (AvgIpc) is 2.14. The fourth-order valence-corrected chi connectivity index (χ4v) is 1.07. The first-order chi connectivity index (χ1) is 7.70. The van der Waals surface area contributed by atoms with Crippen LogP contribution in [0.3, 0.4) is 0 Å². The van der Waals surface area contributed by atoms with Gasteiger partial charge in [-0.25, -0.2) is 0 Å². The molecule has 1 rings (SSSR count). The normalized spacial score (nSPS) is 11.0.